The lowest BCUT2D eigenvalue weighted by Crippen LogP contribution is -1.93. The molecule has 0 saturated heterocycles. The molecule has 2 nitrogen and oxygen atoms in total. The van der Waals surface area contributed by atoms with Crippen molar-refractivity contribution in [3.63, 3.8) is 0 Å². The predicted molar refractivity (Wildman–Crippen MR) is 206 cm³/mol. The first kappa shape index (κ1) is 27.6. The van der Waals surface area contributed by atoms with Crippen LogP contribution in [0.3, 0.4) is 0 Å². The molecule has 2 heterocycles. The van der Waals surface area contributed by atoms with E-state index in [1.54, 1.807) is 0 Å². The van der Waals surface area contributed by atoms with Gasteiger partial charge in [-0.15, -0.1) is 0 Å². The molecular weight excluding hydrogens is 595 g/mol. The van der Waals surface area contributed by atoms with Crippen molar-refractivity contribution in [1.82, 2.24) is 4.98 Å². The molecule has 0 saturated carbocycles. The highest BCUT2D eigenvalue weighted by atomic mass is 16.3. The van der Waals surface area contributed by atoms with E-state index in [0.717, 1.165) is 61.1 Å². The standard InChI is InChI=1S/C47H29NO/c1-3-12-30(13-4-1)34-27-43(31-14-5-2-6-15-31)48-44(28-34)41-20-11-19-39-35-16-7-8-17-36(35)42-26-32(23-25-40(42)47(39)41)33-22-24-38-37-18-9-10-21-45(37)49-46(38)29-33/h1-29H. The molecule has 0 atom stereocenters. The maximum Gasteiger partial charge on any atom is 0.136 e. The first-order chi connectivity index (χ1) is 24.3. The van der Waals surface area contributed by atoms with Crippen molar-refractivity contribution >= 4 is 54.3 Å². The van der Waals surface area contributed by atoms with Gasteiger partial charge in [-0.3, -0.25) is 0 Å². The Labute approximate surface area is 283 Å². The van der Waals surface area contributed by atoms with Crippen molar-refractivity contribution in [3.05, 3.63) is 176 Å². The van der Waals surface area contributed by atoms with Crippen molar-refractivity contribution in [2.24, 2.45) is 0 Å². The Kier molecular flexibility index (Phi) is 6.22. The molecule has 49 heavy (non-hydrogen) atoms. The van der Waals surface area contributed by atoms with Crippen molar-refractivity contribution in [3.8, 4) is 44.8 Å². The molecule has 2 heteroatoms. The van der Waals surface area contributed by atoms with Crippen LogP contribution in [0.25, 0.3) is 99.0 Å². The topological polar surface area (TPSA) is 26.0 Å². The van der Waals surface area contributed by atoms with E-state index in [1.165, 1.54) is 37.9 Å². The molecule has 0 N–H and O–H groups in total. The van der Waals surface area contributed by atoms with Gasteiger partial charge in [0.15, 0.2) is 0 Å². The quantitative estimate of drug-likeness (QED) is 0.182. The monoisotopic (exact) mass is 623 g/mol. The average molecular weight is 624 g/mol. The number of nitrogens with zero attached hydrogens (tertiary/aromatic N) is 1. The maximum atomic E-state index is 6.27. The van der Waals surface area contributed by atoms with Crippen LogP contribution in [0.15, 0.2) is 180 Å². The van der Waals surface area contributed by atoms with Crippen LogP contribution >= 0.6 is 0 Å². The second kappa shape index (κ2) is 11.0. The van der Waals surface area contributed by atoms with Gasteiger partial charge in [0.1, 0.15) is 11.2 Å². The fourth-order valence-corrected chi connectivity index (χ4v) is 7.53. The summed E-state index contributed by atoms with van der Waals surface area (Å²) in [5.41, 5.74) is 10.6. The molecule has 0 bridgehead atoms. The van der Waals surface area contributed by atoms with E-state index in [1.807, 2.05) is 12.1 Å². The average Bonchev–Trinajstić information content (AvgIpc) is 3.56. The first-order valence-corrected chi connectivity index (χ1v) is 16.7. The molecule has 0 radical (unpaired) electrons. The molecule has 0 fully saturated rings. The van der Waals surface area contributed by atoms with Gasteiger partial charge in [0, 0.05) is 21.9 Å². The highest BCUT2D eigenvalue weighted by Crippen LogP contribution is 2.43. The van der Waals surface area contributed by atoms with Crippen LogP contribution in [0.1, 0.15) is 0 Å². The highest BCUT2D eigenvalue weighted by Gasteiger charge is 2.17. The second-order valence-corrected chi connectivity index (χ2v) is 12.7. The van der Waals surface area contributed by atoms with Gasteiger partial charge < -0.3 is 4.42 Å². The van der Waals surface area contributed by atoms with Gasteiger partial charge in [-0.25, -0.2) is 4.98 Å². The van der Waals surface area contributed by atoms with Gasteiger partial charge in [0.05, 0.1) is 11.4 Å². The largest absolute Gasteiger partial charge is 0.456 e. The molecule has 0 aliphatic rings. The molecule has 2 aromatic heterocycles. The first-order valence-electron chi connectivity index (χ1n) is 16.7. The Balaban J connectivity index is 1.23. The molecule has 0 unspecified atom stereocenters. The third kappa shape index (κ3) is 4.53. The fourth-order valence-electron chi connectivity index (χ4n) is 7.53. The van der Waals surface area contributed by atoms with Gasteiger partial charge in [0.25, 0.3) is 0 Å². The van der Waals surface area contributed by atoms with E-state index >= 15 is 0 Å². The highest BCUT2D eigenvalue weighted by molar-refractivity contribution is 6.28. The normalized spacial score (nSPS) is 11.7. The van der Waals surface area contributed by atoms with E-state index in [2.05, 4.69) is 164 Å². The number of fused-ring (bicyclic) bond motifs is 9. The Hall–Kier alpha value is -6.51. The molecular formula is C47H29NO. The summed E-state index contributed by atoms with van der Waals surface area (Å²) in [7, 11) is 0. The fraction of sp³-hybridized carbons (Fsp3) is 0. The maximum absolute atomic E-state index is 6.27. The molecule has 0 amide bonds. The summed E-state index contributed by atoms with van der Waals surface area (Å²) >= 11 is 0. The summed E-state index contributed by atoms with van der Waals surface area (Å²) in [5, 5.41) is 9.64. The predicted octanol–water partition coefficient (Wildman–Crippen LogP) is 13.1. The molecule has 228 valence electrons. The number of hydrogen-bond donors (Lipinski definition) is 0. The van der Waals surface area contributed by atoms with Crippen molar-refractivity contribution in [1.29, 1.82) is 0 Å². The zero-order valence-corrected chi connectivity index (χ0v) is 26.6. The molecule has 0 aliphatic heterocycles. The Morgan fingerprint density at radius 3 is 1.67 bits per heavy atom. The molecule has 0 spiro atoms. The molecule has 10 aromatic rings. The number of hydrogen-bond acceptors (Lipinski definition) is 2. The van der Waals surface area contributed by atoms with E-state index in [9.17, 15) is 0 Å². The van der Waals surface area contributed by atoms with Gasteiger partial charge in [-0.1, -0.05) is 140 Å². The third-order valence-electron chi connectivity index (χ3n) is 9.85. The van der Waals surface area contributed by atoms with Crippen molar-refractivity contribution in [2.45, 2.75) is 0 Å². The summed E-state index contributed by atoms with van der Waals surface area (Å²) in [5.74, 6) is 0. The van der Waals surface area contributed by atoms with E-state index in [-0.39, 0.29) is 0 Å². The Morgan fingerprint density at radius 1 is 0.306 bits per heavy atom. The number of rotatable bonds is 4. The van der Waals surface area contributed by atoms with Gasteiger partial charge in [0.2, 0.25) is 0 Å². The lowest BCUT2D eigenvalue weighted by molar-refractivity contribution is 0.669. The van der Waals surface area contributed by atoms with Gasteiger partial charge in [-0.2, -0.15) is 0 Å². The second-order valence-electron chi connectivity index (χ2n) is 12.7. The summed E-state index contributed by atoms with van der Waals surface area (Å²) in [4.78, 5) is 5.34. The van der Waals surface area contributed by atoms with E-state index in [0.29, 0.717) is 0 Å². The van der Waals surface area contributed by atoms with Crippen LogP contribution in [0.5, 0.6) is 0 Å². The number of aromatic nitrogens is 1. The van der Waals surface area contributed by atoms with E-state index < -0.39 is 0 Å². The number of para-hydroxylation sites is 1. The van der Waals surface area contributed by atoms with Crippen LogP contribution in [0.4, 0.5) is 0 Å². The lowest BCUT2D eigenvalue weighted by atomic mass is 9.88. The minimum absolute atomic E-state index is 0.906. The minimum Gasteiger partial charge on any atom is -0.456 e. The van der Waals surface area contributed by atoms with E-state index in [4.69, 9.17) is 9.40 Å². The lowest BCUT2D eigenvalue weighted by Gasteiger charge is -2.16. The Bertz CT molecular complexity index is 2810. The van der Waals surface area contributed by atoms with Gasteiger partial charge in [-0.05, 0) is 91.0 Å². The van der Waals surface area contributed by atoms with Crippen molar-refractivity contribution in [2.75, 3.05) is 0 Å². The summed E-state index contributed by atoms with van der Waals surface area (Å²) < 4.78 is 6.27. The Morgan fingerprint density at radius 2 is 0.878 bits per heavy atom. The smallest absolute Gasteiger partial charge is 0.136 e. The zero-order chi connectivity index (χ0) is 32.3. The van der Waals surface area contributed by atoms with Crippen LogP contribution in [0.2, 0.25) is 0 Å². The number of pyridine rings is 1. The van der Waals surface area contributed by atoms with Crippen molar-refractivity contribution < 1.29 is 4.42 Å². The summed E-state index contributed by atoms with van der Waals surface area (Å²) in [6, 6.07) is 62.7. The summed E-state index contributed by atoms with van der Waals surface area (Å²) in [6.45, 7) is 0. The molecule has 0 aliphatic carbocycles. The van der Waals surface area contributed by atoms with Gasteiger partial charge >= 0.3 is 0 Å². The summed E-state index contributed by atoms with van der Waals surface area (Å²) in [6.07, 6.45) is 0. The van der Waals surface area contributed by atoms with Crippen LogP contribution in [-0.4, -0.2) is 4.98 Å². The molecule has 10 rings (SSSR count). The molecule has 8 aromatic carbocycles. The van der Waals surface area contributed by atoms with Crippen LogP contribution in [0, 0.1) is 0 Å². The SMILES string of the molecule is c1ccc(-c2cc(-c3ccccc3)nc(-c3cccc4c5ccccc5c5cc(-c6ccc7c(c6)oc6ccccc67)ccc5c34)c2)cc1. The number of benzene rings is 8. The third-order valence-corrected chi connectivity index (χ3v) is 9.85. The zero-order valence-electron chi connectivity index (χ0n) is 26.6. The van der Waals surface area contributed by atoms with Crippen LogP contribution in [-0.2, 0) is 0 Å². The number of furan rings is 1. The minimum atomic E-state index is 0.906. The van der Waals surface area contributed by atoms with Crippen LogP contribution < -0.4 is 0 Å².